The molecule has 120 valence electrons. The summed E-state index contributed by atoms with van der Waals surface area (Å²) in [5, 5.41) is 4.41. The lowest BCUT2D eigenvalue weighted by Gasteiger charge is -2.12. The molecule has 1 heterocycles. The van der Waals surface area contributed by atoms with Crippen LogP contribution in [0.2, 0.25) is 0 Å². The average molecular weight is 309 g/mol. The monoisotopic (exact) mass is 309 g/mol. The quantitative estimate of drug-likeness (QED) is 0.731. The summed E-state index contributed by atoms with van der Waals surface area (Å²) in [6.07, 6.45) is 1.09. The number of hydrogen-bond acceptors (Lipinski definition) is 4. The van der Waals surface area contributed by atoms with Gasteiger partial charge in [0.1, 0.15) is 11.2 Å². The van der Waals surface area contributed by atoms with Gasteiger partial charge in [0.15, 0.2) is 11.3 Å². The summed E-state index contributed by atoms with van der Waals surface area (Å²) in [7, 11) is 0. The van der Waals surface area contributed by atoms with Crippen LogP contribution in [0.25, 0.3) is 22.6 Å². The van der Waals surface area contributed by atoms with Crippen molar-refractivity contribution in [3.8, 4) is 11.5 Å². The lowest BCUT2D eigenvalue weighted by molar-refractivity contribution is 0.611. The van der Waals surface area contributed by atoms with Gasteiger partial charge >= 0.3 is 0 Å². The molecule has 3 rings (SSSR count). The third kappa shape index (κ3) is 3.07. The van der Waals surface area contributed by atoms with Gasteiger partial charge in [-0.3, -0.25) is 4.99 Å². The Morgan fingerprint density at radius 1 is 1.09 bits per heavy atom. The molecular formula is C19H23N3O. The zero-order valence-corrected chi connectivity index (χ0v) is 14.2. The van der Waals surface area contributed by atoms with Gasteiger partial charge in [-0.1, -0.05) is 6.92 Å². The molecule has 0 bridgehead atoms. The van der Waals surface area contributed by atoms with E-state index in [2.05, 4.69) is 37.1 Å². The van der Waals surface area contributed by atoms with E-state index in [4.69, 9.17) is 9.40 Å². The molecule has 0 radical (unpaired) electrons. The average Bonchev–Trinajstić information content (AvgIpc) is 2.52. The number of nitrogens with one attached hydrogen (secondary N) is 1. The molecule has 0 saturated heterocycles. The van der Waals surface area contributed by atoms with Gasteiger partial charge in [0.05, 0.1) is 5.36 Å². The molecule has 0 spiro atoms. The van der Waals surface area contributed by atoms with Crippen LogP contribution in [0.1, 0.15) is 31.4 Å². The van der Waals surface area contributed by atoms with Crippen LogP contribution in [0.4, 0.5) is 5.69 Å². The molecule has 4 nitrogen and oxygen atoms in total. The van der Waals surface area contributed by atoms with Crippen LogP contribution in [0, 0.1) is 13.8 Å². The van der Waals surface area contributed by atoms with Crippen LogP contribution in [0.15, 0.2) is 33.7 Å². The number of benzene rings is 2. The second kappa shape index (κ2) is 6.41. The second-order valence-electron chi connectivity index (χ2n) is 5.86. The molecule has 0 amide bonds. The van der Waals surface area contributed by atoms with Crippen molar-refractivity contribution in [1.82, 2.24) is 4.98 Å². The van der Waals surface area contributed by atoms with Crippen LogP contribution in [-0.4, -0.2) is 18.1 Å². The number of anilines is 1. The zero-order chi connectivity index (χ0) is 16.4. The Hall–Kier alpha value is -2.36. The first-order chi connectivity index (χ1) is 11.1. The van der Waals surface area contributed by atoms with E-state index in [-0.39, 0.29) is 0 Å². The number of fused-ring (bicyclic) bond motifs is 2. The Kier molecular flexibility index (Phi) is 4.33. The lowest BCUT2D eigenvalue weighted by atomic mass is 10.1. The van der Waals surface area contributed by atoms with Crippen LogP contribution in [0.3, 0.4) is 0 Å². The highest BCUT2D eigenvalue weighted by Gasteiger charge is 2.12. The summed E-state index contributed by atoms with van der Waals surface area (Å²) in [4.78, 5) is 9.27. The predicted octanol–water partition coefficient (Wildman–Crippen LogP) is 4.29. The molecule has 0 atom stereocenters. The molecule has 4 heteroatoms. The fourth-order valence-corrected chi connectivity index (χ4v) is 2.71. The van der Waals surface area contributed by atoms with Crippen LogP contribution in [0.5, 0.6) is 0 Å². The second-order valence-corrected chi connectivity index (χ2v) is 5.86. The van der Waals surface area contributed by atoms with Crippen LogP contribution >= 0.6 is 0 Å². The molecular weight excluding hydrogens is 286 g/mol. The van der Waals surface area contributed by atoms with E-state index < -0.39 is 0 Å². The van der Waals surface area contributed by atoms with E-state index in [0.717, 1.165) is 58.7 Å². The Bertz CT molecular complexity index is 880. The Labute approximate surface area is 136 Å². The smallest absolute Gasteiger partial charge is 0.155 e. The van der Waals surface area contributed by atoms with Crippen molar-refractivity contribution in [2.24, 2.45) is 4.99 Å². The number of hydrogen-bond donors (Lipinski definition) is 1. The molecule has 0 unspecified atom stereocenters. The summed E-state index contributed by atoms with van der Waals surface area (Å²) in [5.74, 6) is 0.778. The maximum atomic E-state index is 6.10. The Morgan fingerprint density at radius 3 is 2.65 bits per heavy atom. The molecule has 0 fully saturated rings. The van der Waals surface area contributed by atoms with Crippen molar-refractivity contribution >= 4 is 16.8 Å². The van der Waals surface area contributed by atoms with E-state index in [1.807, 2.05) is 25.1 Å². The summed E-state index contributed by atoms with van der Waals surface area (Å²) in [5.41, 5.74) is 5.97. The molecule has 1 aromatic rings. The molecule has 1 N–H and O–H groups in total. The predicted molar refractivity (Wildman–Crippen MR) is 95.0 cm³/mol. The molecule has 23 heavy (non-hydrogen) atoms. The zero-order valence-electron chi connectivity index (χ0n) is 14.2. The van der Waals surface area contributed by atoms with E-state index >= 15 is 0 Å². The maximum Gasteiger partial charge on any atom is 0.155 e. The highest BCUT2D eigenvalue weighted by molar-refractivity contribution is 5.81. The first kappa shape index (κ1) is 15.5. The third-order valence-corrected chi connectivity index (χ3v) is 3.94. The molecule has 1 aromatic carbocycles. The number of rotatable bonds is 4. The van der Waals surface area contributed by atoms with Gasteiger partial charge in [0.2, 0.25) is 0 Å². The van der Waals surface area contributed by atoms with Gasteiger partial charge in [-0.25, -0.2) is 4.98 Å². The van der Waals surface area contributed by atoms with Gasteiger partial charge in [0, 0.05) is 30.9 Å². The van der Waals surface area contributed by atoms with Gasteiger partial charge < -0.3 is 9.73 Å². The topological polar surface area (TPSA) is 50.4 Å². The largest absolute Gasteiger partial charge is 0.453 e. The molecule has 2 aliphatic rings. The lowest BCUT2D eigenvalue weighted by Crippen LogP contribution is -2.09. The number of aryl methyl sites for hydroxylation is 2. The Morgan fingerprint density at radius 2 is 1.91 bits per heavy atom. The fraction of sp³-hybridized carbons (Fsp3) is 0.368. The minimum absolute atomic E-state index is 0.762. The van der Waals surface area contributed by atoms with E-state index in [1.54, 1.807) is 0 Å². The highest BCUT2D eigenvalue weighted by atomic mass is 16.3. The molecule has 0 saturated carbocycles. The summed E-state index contributed by atoms with van der Waals surface area (Å²) in [6.45, 7) is 10.1. The fourth-order valence-electron chi connectivity index (χ4n) is 2.71. The summed E-state index contributed by atoms with van der Waals surface area (Å²) < 4.78 is 6.10. The van der Waals surface area contributed by atoms with Crippen molar-refractivity contribution < 1.29 is 4.42 Å². The molecule has 1 aliphatic heterocycles. The first-order valence-corrected chi connectivity index (χ1v) is 8.22. The van der Waals surface area contributed by atoms with E-state index in [9.17, 15) is 0 Å². The van der Waals surface area contributed by atoms with E-state index in [1.165, 1.54) is 5.56 Å². The number of nitrogens with zero attached hydrogens (tertiary/aromatic N) is 2. The summed E-state index contributed by atoms with van der Waals surface area (Å²) >= 11 is 0. The Balaban J connectivity index is 2.20. The minimum atomic E-state index is 0.762. The normalized spacial score (nSPS) is 12.3. The highest BCUT2D eigenvalue weighted by Crippen LogP contribution is 2.28. The molecule has 0 aromatic heterocycles. The third-order valence-electron chi connectivity index (χ3n) is 3.94. The maximum absolute atomic E-state index is 6.10. The van der Waals surface area contributed by atoms with Crippen molar-refractivity contribution in [1.29, 1.82) is 0 Å². The van der Waals surface area contributed by atoms with Gasteiger partial charge in [-0.15, -0.1) is 0 Å². The summed E-state index contributed by atoms with van der Waals surface area (Å²) in [6, 6.07) is 8.16. The minimum Gasteiger partial charge on any atom is -0.453 e. The molecule has 1 aliphatic carbocycles. The van der Waals surface area contributed by atoms with Crippen molar-refractivity contribution in [2.75, 3.05) is 18.4 Å². The van der Waals surface area contributed by atoms with Crippen molar-refractivity contribution in [3.63, 3.8) is 0 Å². The van der Waals surface area contributed by atoms with Crippen molar-refractivity contribution in [2.45, 2.75) is 34.1 Å². The van der Waals surface area contributed by atoms with Crippen molar-refractivity contribution in [3.05, 3.63) is 40.7 Å². The van der Waals surface area contributed by atoms with Crippen LogP contribution in [-0.2, 0) is 0 Å². The van der Waals surface area contributed by atoms with Gasteiger partial charge in [0.25, 0.3) is 0 Å². The SMILES string of the molecule is CCCNc1cc2oc3c/c(=N/CC)c(C)cc-3nc2cc1C. The standard InChI is InChI=1S/C19H23N3O/c1-5-7-21-15-11-19-17(9-13(15)4)22-16-8-12(3)14(20-6-2)10-18(16)23-19/h8-11,21H,5-7H2,1-4H3/b20-14-. The van der Waals surface area contributed by atoms with Crippen LogP contribution < -0.4 is 10.7 Å². The van der Waals surface area contributed by atoms with E-state index in [0.29, 0.717) is 0 Å². The first-order valence-electron chi connectivity index (χ1n) is 8.22. The number of aromatic nitrogens is 1. The van der Waals surface area contributed by atoms with Gasteiger partial charge in [-0.2, -0.15) is 0 Å². The van der Waals surface area contributed by atoms with Gasteiger partial charge in [-0.05, 0) is 50.5 Å².